The molecule has 0 spiro atoms. The highest BCUT2D eigenvalue weighted by molar-refractivity contribution is 6.02. The number of nitrogens with zero attached hydrogens (tertiary/aromatic N) is 1. The first-order valence-electron chi connectivity index (χ1n) is 11.0. The zero-order valence-electron chi connectivity index (χ0n) is 19.8. The van der Waals surface area contributed by atoms with Crippen molar-refractivity contribution in [2.75, 3.05) is 48.1 Å². The topological polar surface area (TPSA) is 86.3 Å². The number of ether oxygens (including phenoxy) is 4. The Morgan fingerprint density at radius 3 is 2.30 bits per heavy atom. The summed E-state index contributed by atoms with van der Waals surface area (Å²) in [6.07, 6.45) is 0.701. The number of carbonyl (C=O) groups excluding carboxylic acids is 2. The first kappa shape index (κ1) is 24.4. The number of hydrogen-bond acceptors (Lipinski definition) is 6. The molecule has 2 amide bonds. The van der Waals surface area contributed by atoms with Gasteiger partial charge < -0.3 is 29.2 Å². The van der Waals surface area contributed by atoms with Gasteiger partial charge in [0, 0.05) is 32.4 Å². The third-order valence-electron chi connectivity index (χ3n) is 5.88. The summed E-state index contributed by atoms with van der Waals surface area (Å²) < 4.78 is 21.5. The van der Waals surface area contributed by atoms with Gasteiger partial charge in [-0.2, -0.15) is 0 Å². The lowest BCUT2D eigenvalue weighted by Gasteiger charge is -2.40. The highest BCUT2D eigenvalue weighted by atomic mass is 16.5. The van der Waals surface area contributed by atoms with E-state index in [0.29, 0.717) is 54.6 Å². The van der Waals surface area contributed by atoms with Crippen LogP contribution in [0.25, 0.3) is 0 Å². The third kappa shape index (κ3) is 5.06. The van der Waals surface area contributed by atoms with Crippen molar-refractivity contribution < 1.29 is 28.5 Å². The van der Waals surface area contributed by atoms with E-state index in [9.17, 15) is 9.59 Å². The first-order chi connectivity index (χ1) is 16.0. The van der Waals surface area contributed by atoms with Crippen LogP contribution in [0.2, 0.25) is 0 Å². The number of fused-ring (bicyclic) bond motifs is 1. The number of nitrogens with one attached hydrogen (secondary N) is 1. The fourth-order valence-corrected chi connectivity index (χ4v) is 4.19. The molecule has 3 rings (SSSR count). The molecule has 33 heavy (non-hydrogen) atoms. The molecule has 0 radical (unpaired) electrons. The minimum Gasteiger partial charge on any atom is -0.497 e. The molecule has 1 aliphatic rings. The van der Waals surface area contributed by atoms with Gasteiger partial charge in [0.2, 0.25) is 5.91 Å². The zero-order valence-corrected chi connectivity index (χ0v) is 19.8. The van der Waals surface area contributed by atoms with Crippen LogP contribution in [0.1, 0.15) is 46.8 Å². The smallest absolute Gasteiger partial charge is 0.254 e. The lowest BCUT2D eigenvalue weighted by molar-refractivity contribution is -0.124. The van der Waals surface area contributed by atoms with Crippen molar-refractivity contribution in [2.24, 2.45) is 0 Å². The molecule has 0 fully saturated rings. The summed E-state index contributed by atoms with van der Waals surface area (Å²) >= 11 is 0. The van der Waals surface area contributed by atoms with E-state index in [4.69, 9.17) is 18.9 Å². The van der Waals surface area contributed by atoms with Crippen LogP contribution < -0.4 is 19.5 Å². The molecule has 8 nitrogen and oxygen atoms in total. The number of amides is 2. The summed E-state index contributed by atoms with van der Waals surface area (Å²) in [7, 11) is 6.36. The average Bonchev–Trinajstić information content (AvgIpc) is 2.85. The molecule has 0 aliphatic carbocycles. The highest BCUT2D eigenvalue weighted by Crippen LogP contribution is 2.45. The molecule has 0 bridgehead atoms. The van der Waals surface area contributed by atoms with E-state index in [-0.39, 0.29) is 11.8 Å². The van der Waals surface area contributed by atoms with Gasteiger partial charge in [-0.05, 0) is 48.7 Å². The quantitative estimate of drug-likeness (QED) is 0.553. The Kier molecular flexibility index (Phi) is 8.16. The summed E-state index contributed by atoms with van der Waals surface area (Å²) in [5.41, 5.74) is 1.87. The molecule has 0 saturated carbocycles. The Morgan fingerprint density at radius 1 is 1.03 bits per heavy atom. The highest BCUT2D eigenvalue weighted by Gasteiger charge is 2.43. The second-order valence-corrected chi connectivity index (χ2v) is 7.75. The van der Waals surface area contributed by atoms with Crippen LogP contribution in [0.3, 0.4) is 0 Å². The van der Waals surface area contributed by atoms with E-state index in [0.717, 1.165) is 5.56 Å². The summed E-state index contributed by atoms with van der Waals surface area (Å²) in [5, 5.41) is 3.02. The largest absolute Gasteiger partial charge is 0.497 e. The number of benzene rings is 2. The Balaban J connectivity index is 2.05. The summed E-state index contributed by atoms with van der Waals surface area (Å²) in [5.74, 6) is 0.621. The van der Waals surface area contributed by atoms with E-state index in [1.807, 2.05) is 31.2 Å². The number of rotatable bonds is 10. The Labute approximate surface area is 194 Å². The minimum atomic E-state index is -0.636. The van der Waals surface area contributed by atoms with Crippen molar-refractivity contribution in [3.63, 3.8) is 0 Å². The van der Waals surface area contributed by atoms with Gasteiger partial charge in [0.25, 0.3) is 5.91 Å². The van der Waals surface area contributed by atoms with Crippen LogP contribution in [0.15, 0.2) is 36.4 Å². The van der Waals surface area contributed by atoms with E-state index < -0.39 is 12.0 Å². The lowest BCUT2D eigenvalue weighted by atomic mass is 9.79. The molecular formula is C25H32N2O6. The molecule has 0 unspecified atom stereocenters. The maximum atomic E-state index is 13.5. The van der Waals surface area contributed by atoms with Crippen LogP contribution in [-0.4, -0.2) is 64.8 Å². The number of methoxy groups -OCH3 is 3. The predicted octanol–water partition coefficient (Wildman–Crippen LogP) is 3.17. The molecule has 1 N–H and O–H groups in total. The van der Waals surface area contributed by atoms with Gasteiger partial charge in [-0.25, -0.2) is 0 Å². The van der Waals surface area contributed by atoms with Crippen LogP contribution in [0, 0.1) is 0 Å². The third-order valence-corrected chi connectivity index (χ3v) is 5.88. The minimum absolute atomic E-state index is 0.167. The number of carbonyl (C=O) groups is 2. The van der Waals surface area contributed by atoms with E-state index in [1.165, 1.54) is 14.2 Å². The Morgan fingerprint density at radius 2 is 1.70 bits per heavy atom. The Hall–Kier alpha value is -3.26. The van der Waals surface area contributed by atoms with Crippen molar-refractivity contribution in [3.8, 4) is 17.2 Å². The van der Waals surface area contributed by atoms with Gasteiger partial charge in [-0.3, -0.25) is 9.59 Å². The maximum Gasteiger partial charge on any atom is 0.254 e. The summed E-state index contributed by atoms with van der Waals surface area (Å²) in [6, 6.07) is 10.3. The molecule has 1 aliphatic heterocycles. The monoisotopic (exact) mass is 456 g/mol. The lowest BCUT2D eigenvalue weighted by Crippen LogP contribution is -2.46. The molecule has 8 heteroatoms. The van der Waals surface area contributed by atoms with Crippen molar-refractivity contribution in [2.45, 2.75) is 25.3 Å². The standard InChI is InChI=1S/C25H32N2O6/c1-6-33-13-7-12-26-24(28)22-18-14-20(31-4)21(32-5)15-19(18)25(29)27(2)23(22)16-8-10-17(30-3)11-9-16/h8-11,14-15,22-23H,6-7,12-13H2,1-5H3,(H,26,28)/t22-,23+/m0/s1. The fourth-order valence-electron chi connectivity index (χ4n) is 4.19. The molecule has 2 aromatic carbocycles. The first-order valence-corrected chi connectivity index (χ1v) is 11.0. The van der Waals surface area contributed by atoms with E-state index in [2.05, 4.69) is 5.32 Å². The maximum absolute atomic E-state index is 13.5. The second kappa shape index (κ2) is 11.0. The van der Waals surface area contributed by atoms with Gasteiger partial charge >= 0.3 is 0 Å². The SMILES string of the molecule is CCOCCCNC(=O)[C@H]1c2cc(OC)c(OC)cc2C(=O)N(C)[C@@H]1c1ccc(OC)cc1. The molecule has 2 aromatic rings. The van der Waals surface area contributed by atoms with Gasteiger partial charge in [-0.15, -0.1) is 0 Å². The van der Waals surface area contributed by atoms with Crippen molar-refractivity contribution in [1.82, 2.24) is 10.2 Å². The normalized spacial score (nSPS) is 17.4. The van der Waals surface area contributed by atoms with E-state index >= 15 is 0 Å². The number of likely N-dealkylation sites (N-methyl/N-ethyl adjacent to an activating group) is 1. The van der Waals surface area contributed by atoms with Gasteiger partial charge in [0.15, 0.2) is 11.5 Å². The number of hydrogen-bond donors (Lipinski definition) is 1. The molecular weight excluding hydrogens is 424 g/mol. The predicted molar refractivity (Wildman–Crippen MR) is 124 cm³/mol. The fraction of sp³-hybridized carbons (Fsp3) is 0.440. The Bertz CT molecular complexity index is 976. The van der Waals surface area contributed by atoms with Crippen LogP contribution >= 0.6 is 0 Å². The van der Waals surface area contributed by atoms with Gasteiger partial charge in [0.05, 0.1) is 33.3 Å². The molecule has 178 valence electrons. The zero-order chi connectivity index (χ0) is 24.0. The molecule has 0 saturated heterocycles. The molecule has 1 heterocycles. The molecule has 2 atom stereocenters. The van der Waals surface area contributed by atoms with Crippen LogP contribution in [0.4, 0.5) is 0 Å². The molecule has 0 aromatic heterocycles. The second-order valence-electron chi connectivity index (χ2n) is 7.75. The van der Waals surface area contributed by atoms with Crippen molar-refractivity contribution in [1.29, 1.82) is 0 Å². The van der Waals surface area contributed by atoms with Crippen LogP contribution in [-0.2, 0) is 9.53 Å². The summed E-state index contributed by atoms with van der Waals surface area (Å²) in [4.78, 5) is 28.5. The van der Waals surface area contributed by atoms with Gasteiger partial charge in [0.1, 0.15) is 5.75 Å². The van der Waals surface area contributed by atoms with Crippen LogP contribution in [0.5, 0.6) is 17.2 Å². The summed E-state index contributed by atoms with van der Waals surface area (Å²) in [6.45, 7) is 3.62. The average molecular weight is 457 g/mol. The van der Waals surface area contributed by atoms with E-state index in [1.54, 1.807) is 31.2 Å². The van der Waals surface area contributed by atoms with Crippen molar-refractivity contribution in [3.05, 3.63) is 53.1 Å². The van der Waals surface area contributed by atoms with Crippen molar-refractivity contribution >= 4 is 11.8 Å². The van der Waals surface area contributed by atoms with Gasteiger partial charge in [-0.1, -0.05) is 12.1 Å².